The van der Waals surface area contributed by atoms with E-state index in [0.717, 1.165) is 39.5 Å². The molecule has 0 heterocycles. The van der Waals surface area contributed by atoms with Gasteiger partial charge in [-0.05, 0) is 58.7 Å². The van der Waals surface area contributed by atoms with Crippen LogP contribution < -0.4 is 0 Å². The van der Waals surface area contributed by atoms with Crippen molar-refractivity contribution in [3.8, 4) is 11.1 Å². The molecule has 2 aromatic carbocycles. The molecule has 0 aromatic heterocycles. The third-order valence-electron chi connectivity index (χ3n) is 7.25. The predicted molar refractivity (Wildman–Crippen MR) is 124 cm³/mol. The number of carbonyl (C=O) groups is 1. The number of aliphatic hydroxyl groups is 1. The third kappa shape index (κ3) is 2.77. The van der Waals surface area contributed by atoms with E-state index in [1.54, 1.807) is 0 Å². The number of rotatable bonds is 3. The van der Waals surface area contributed by atoms with Gasteiger partial charge in [0, 0.05) is 20.8 Å². The zero-order chi connectivity index (χ0) is 20.3. The van der Waals surface area contributed by atoms with Crippen molar-refractivity contribution in [2.45, 2.75) is 38.0 Å². The van der Waals surface area contributed by atoms with E-state index >= 15 is 0 Å². The van der Waals surface area contributed by atoms with Gasteiger partial charge in [-0.2, -0.15) is 0 Å². The zero-order valence-corrected chi connectivity index (χ0v) is 19.3. The minimum Gasteiger partial charge on any atom is -0.511 e. The molecule has 0 aliphatic heterocycles. The number of aliphatic hydroxyl groups excluding tert-OH is 1. The van der Waals surface area contributed by atoms with E-state index in [2.05, 4.69) is 61.6 Å². The second-order valence-corrected chi connectivity index (χ2v) is 9.94. The number of fused-ring (bicyclic) bond motifs is 2. The van der Waals surface area contributed by atoms with E-state index in [1.165, 1.54) is 0 Å². The minimum atomic E-state index is -0.361. The Morgan fingerprint density at radius 2 is 1.75 bits per heavy atom. The second-order valence-electron chi connectivity index (χ2n) is 8.75. The molecule has 4 rings (SSSR count). The molecule has 0 spiro atoms. The van der Waals surface area contributed by atoms with Crippen LogP contribution in [0, 0.1) is 16.7 Å². The Bertz CT molecular complexity index is 990. The van der Waals surface area contributed by atoms with Crippen LogP contribution in [0.25, 0.3) is 16.7 Å². The highest BCUT2D eigenvalue weighted by Gasteiger charge is 2.61. The Morgan fingerprint density at radius 1 is 1.11 bits per heavy atom. The predicted octanol–water partition coefficient (Wildman–Crippen LogP) is 7.24. The molecule has 1 N–H and O–H groups in total. The van der Waals surface area contributed by atoms with Crippen LogP contribution in [0.1, 0.15) is 44.7 Å². The maximum absolute atomic E-state index is 13.5. The minimum absolute atomic E-state index is 0.0374. The lowest BCUT2D eigenvalue weighted by Crippen LogP contribution is -2.43. The van der Waals surface area contributed by atoms with Crippen molar-refractivity contribution in [3.05, 3.63) is 64.4 Å². The number of hydrogen-bond donors (Lipinski definition) is 1. The molecule has 2 aromatic rings. The van der Waals surface area contributed by atoms with Gasteiger partial charge >= 0.3 is 0 Å². The van der Waals surface area contributed by atoms with Gasteiger partial charge in [0.05, 0.1) is 5.57 Å². The molecule has 2 atom stereocenters. The summed E-state index contributed by atoms with van der Waals surface area (Å²) in [5.41, 5.74) is 3.97. The summed E-state index contributed by atoms with van der Waals surface area (Å²) in [6.45, 7) is 6.36. The molecule has 146 valence electrons. The van der Waals surface area contributed by atoms with E-state index in [-0.39, 0.29) is 28.3 Å². The van der Waals surface area contributed by atoms with Crippen molar-refractivity contribution in [1.82, 2.24) is 0 Å². The van der Waals surface area contributed by atoms with Crippen molar-refractivity contribution in [2.24, 2.45) is 16.7 Å². The maximum atomic E-state index is 13.5. The number of benzene rings is 2. The molecule has 0 amide bonds. The molecular formula is C24H24ClIO2. The van der Waals surface area contributed by atoms with Gasteiger partial charge < -0.3 is 5.11 Å². The Morgan fingerprint density at radius 3 is 2.39 bits per heavy atom. The van der Waals surface area contributed by atoms with Crippen molar-refractivity contribution in [2.75, 3.05) is 0 Å². The molecular weight excluding hydrogens is 483 g/mol. The molecule has 1 fully saturated rings. The maximum Gasteiger partial charge on any atom is 0.170 e. The van der Waals surface area contributed by atoms with Crippen LogP contribution in [-0.2, 0) is 9.22 Å². The molecule has 2 aliphatic rings. The van der Waals surface area contributed by atoms with Gasteiger partial charge in [0.2, 0.25) is 0 Å². The lowest BCUT2D eigenvalue weighted by atomic mass is 9.58. The quantitative estimate of drug-likeness (QED) is 0.352. The van der Waals surface area contributed by atoms with Gasteiger partial charge in [0.1, 0.15) is 5.76 Å². The molecule has 2 bridgehead atoms. The number of carbonyl (C=O) groups excluding carboxylic acids is 1. The van der Waals surface area contributed by atoms with Crippen LogP contribution in [-0.4, -0.2) is 10.9 Å². The van der Waals surface area contributed by atoms with Crippen LogP contribution in [0.5, 0.6) is 0 Å². The third-order valence-corrected chi connectivity index (χ3v) is 8.32. The smallest absolute Gasteiger partial charge is 0.170 e. The van der Waals surface area contributed by atoms with Crippen molar-refractivity contribution < 1.29 is 9.90 Å². The van der Waals surface area contributed by atoms with Crippen LogP contribution >= 0.6 is 34.2 Å². The summed E-state index contributed by atoms with van der Waals surface area (Å²) in [6, 6.07) is 13.9. The molecule has 0 radical (unpaired) electrons. The Labute approximate surface area is 185 Å². The first-order valence-electron chi connectivity index (χ1n) is 9.64. The Kier molecular flexibility index (Phi) is 4.90. The Balaban J connectivity index is 1.92. The van der Waals surface area contributed by atoms with Gasteiger partial charge in [-0.25, -0.2) is 0 Å². The summed E-state index contributed by atoms with van der Waals surface area (Å²) in [4.78, 5) is 13.5. The Hall–Kier alpha value is -1.33. The second kappa shape index (κ2) is 6.88. The van der Waals surface area contributed by atoms with Crippen LogP contribution in [0.4, 0.5) is 0 Å². The summed E-state index contributed by atoms with van der Waals surface area (Å²) in [7, 11) is 0. The first-order valence-corrected chi connectivity index (χ1v) is 11.5. The van der Waals surface area contributed by atoms with E-state index in [9.17, 15) is 9.90 Å². The lowest BCUT2D eigenvalue weighted by molar-refractivity contribution is -0.122. The van der Waals surface area contributed by atoms with Gasteiger partial charge in [-0.15, -0.1) is 0 Å². The number of alkyl halides is 1. The number of halogens is 2. The summed E-state index contributed by atoms with van der Waals surface area (Å²) in [5.74, 6) is 0.331. The molecule has 2 nitrogen and oxygen atoms in total. The summed E-state index contributed by atoms with van der Waals surface area (Å²) < 4.78 is 0.781. The number of allylic oxidation sites excluding steroid dienone is 2. The lowest BCUT2D eigenvalue weighted by Gasteiger charge is -2.45. The van der Waals surface area contributed by atoms with E-state index < -0.39 is 0 Å². The summed E-state index contributed by atoms with van der Waals surface area (Å²) in [6.07, 6.45) is 1.69. The average Bonchev–Trinajstić information content (AvgIpc) is 2.85. The monoisotopic (exact) mass is 506 g/mol. The number of ketones is 1. The van der Waals surface area contributed by atoms with Crippen LogP contribution in [0.15, 0.2) is 48.2 Å². The highest BCUT2D eigenvalue weighted by molar-refractivity contribution is 14.1. The highest BCUT2D eigenvalue weighted by atomic mass is 127. The van der Waals surface area contributed by atoms with Gasteiger partial charge in [0.25, 0.3) is 0 Å². The van der Waals surface area contributed by atoms with Crippen molar-refractivity contribution in [3.63, 3.8) is 0 Å². The SMILES string of the molecule is CC12CCC(C(=O)C(c3cc(-c4ccc(Cl)cc4)ccc3CI)=C1O)C2(C)C. The van der Waals surface area contributed by atoms with Crippen LogP contribution in [0.2, 0.25) is 5.02 Å². The summed E-state index contributed by atoms with van der Waals surface area (Å²) in [5, 5.41) is 12.0. The fourth-order valence-electron chi connectivity index (χ4n) is 4.96. The normalized spacial score (nSPS) is 26.0. The van der Waals surface area contributed by atoms with Gasteiger partial charge in [-0.1, -0.05) is 79.2 Å². The fourth-order valence-corrected chi connectivity index (χ4v) is 5.75. The molecule has 2 aliphatic carbocycles. The van der Waals surface area contributed by atoms with E-state index in [1.807, 2.05) is 24.3 Å². The number of Topliss-reactive ketones (excluding diaryl/α,β-unsaturated/α-hetero) is 1. The zero-order valence-electron chi connectivity index (χ0n) is 16.4. The van der Waals surface area contributed by atoms with Crippen LogP contribution in [0.3, 0.4) is 0 Å². The topological polar surface area (TPSA) is 37.3 Å². The molecule has 28 heavy (non-hydrogen) atoms. The van der Waals surface area contributed by atoms with Crippen molar-refractivity contribution >= 4 is 45.5 Å². The summed E-state index contributed by atoms with van der Waals surface area (Å²) >= 11 is 8.36. The van der Waals surface area contributed by atoms with Crippen molar-refractivity contribution in [1.29, 1.82) is 0 Å². The standard InChI is InChI=1S/C24H24ClIO2/c1-23(2)19-10-11-24(23,3)22(28)20(21(19)27)18-12-15(4-5-16(18)13-26)14-6-8-17(25)9-7-14/h4-9,12,19,28H,10-11,13H2,1-3H3. The van der Waals surface area contributed by atoms with E-state index in [4.69, 9.17) is 11.6 Å². The first-order chi connectivity index (χ1) is 13.2. The molecule has 1 saturated carbocycles. The molecule has 2 unspecified atom stereocenters. The fraction of sp³-hybridized carbons (Fsp3) is 0.375. The molecule has 4 heteroatoms. The average molecular weight is 507 g/mol. The molecule has 0 saturated heterocycles. The highest BCUT2D eigenvalue weighted by Crippen LogP contribution is 2.64. The first kappa shape index (κ1) is 20.0. The largest absolute Gasteiger partial charge is 0.511 e. The van der Waals surface area contributed by atoms with E-state index in [0.29, 0.717) is 10.6 Å². The van der Waals surface area contributed by atoms with Gasteiger partial charge in [0.15, 0.2) is 5.78 Å². The van der Waals surface area contributed by atoms with Gasteiger partial charge in [-0.3, -0.25) is 4.79 Å². The number of hydrogen-bond acceptors (Lipinski definition) is 2.